The van der Waals surface area contributed by atoms with E-state index < -0.39 is 0 Å². The highest BCUT2D eigenvalue weighted by Gasteiger charge is 2.35. The van der Waals surface area contributed by atoms with Crippen LogP contribution in [0.3, 0.4) is 0 Å². The Hall–Kier alpha value is -0.300. The van der Waals surface area contributed by atoms with Crippen molar-refractivity contribution in [2.45, 2.75) is 51.1 Å². The van der Waals surface area contributed by atoms with Crippen molar-refractivity contribution in [2.24, 2.45) is 0 Å². The molecule has 0 amide bonds. The third-order valence-corrected chi connectivity index (χ3v) is 3.47. The molecule has 0 aromatic rings. The van der Waals surface area contributed by atoms with Gasteiger partial charge in [-0.25, -0.2) is 0 Å². The van der Waals surface area contributed by atoms with E-state index >= 15 is 0 Å². The van der Waals surface area contributed by atoms with Crippen molar-refractivity contribution in [1.29, 1.82) is 0 Å². The number of hydrogen-bond acceptors (Lipinski definition) is 1. The molecule has 0 aromatic heterocycles. The predicted octanol–water partition coefficient (Wildman–Crippen LogP) is 2.58. The van der Waals surface area contributed by atoms with E-state index in [1.807, 2.05) is 0 Å². The Bertz CT molecular complexity index is 179. The number of fused-ring (bicyclic) bond motifs is 2. The van der Waals surface area contributed by atoms with Crippen LogP contribution in [0.2, 0.25) is 0 Å². The summed E-state index contributed by atoms with van der Waals surface area (Å²) in [6.07, 6.45) is 9.23. The molecule has 1 heteroatoms. The Morgan fingerprint density at radius 3 is 2.42 bits per heavy atom. The first-order chi connectivity index (χ1) is 5.81. The second-order valence-electron chi connectivity index (χ2n) is 4.23. The SMILES string of the molecule is CCC=C1CC2CCC(C1)N2C. The third-order valence-electron chi connectivity index (χ3n) is 3.47. The third kappa shape index (κ3) is 1.31. The number of nitrogens with zero attached hydrogens (tertiary/aromatic N) is 1. The summed E-state index contributed by atoms with van der Waals surface area (Å²) in [5, 5.41) is 0. The predicted molar refractivity (Wildman–Crippen MR) is 52.2 cm³/mol. The van der Waals surface area contributed by atoms with Crippen molar-refractivity contribution in [3.63, 3.8) is 0 Å². The van der Waals surface area contributed by atoms with Crippen LogP contribution in [0.25, 0.3) is 0 Å². The smallest absolute Gasteiger partial charge is 0.0133 e. The Morgan fingerprint density at radius 2 is 1.92 bits per heavy atom. The summed E-state index contributed by atoms with van der Waals surface area (Å²) in [6, 6.07) is 1.75. The zero-order valence-electron chi connectivity index (χ0n) is 8.21. The lowest BCUT2D eigenvalue weighted by molar-refractivity contribution is 0.209. The van der Waals surface area contributed by atoms with Gasteiger partial charge >= 0.3 is 0 Å². The second kappa shape index (κ2) is 3.21. The molecule has 0 N–H and O–H groups in total. The molecule has 2 unspecified atom stereocenters. The normalized spacial score (nSPS) is 35.7. The summed E-state index contributed by atoms with van der Waals surface area (Å²) < 4.78 is 0. The second-order valence-corrected chi connectivity index (χ2v) is 4.23. The Morgan fingerprint density at radius 1 is 1.33 bits per heavy atom. The maximum absolute atomic E-state index is 2.59. The lowest BCUT2D eigenvalue weighted by atomic mass is 9.97. The van der Waals surface area contributed by atoms with Crippen molar-refractivity contribution >= 4 is 0 Å². The van der Waals surface area contributed by atoms with Gasteiger partial charge in [0.25, 0.3) is 0 Å². The first-order valence-electron chi connectivity index (χ1n) is 5.21. The summed E-state index contributed by atoms with van der Waals surface area (Å²) in [7, 11) is 2.30. The van der Waals surface area contributed by atoms with Crippen LogP contribution in [-0.4, -0.2) is 24.0 Å². The van der Waals surface area contributed by atoms with Gasteiger partial charge in [0.1, 0.15) is 0 Å². The Labute approximate surface area is 75.4 Å². The molecule has 0 aromatic carbocycles. The van der Waals surface area contributed by atoms with Crippen LogP contribution in [0, 0.1) is 0 Å². The molecular weight excluding hydrogens is 146 g/mol. The number of hydrogen-bond donors (Lipinski definition) is 0. The van der Waals surface area contributed by atoms with Crippen molar-refractivity contribution in [3.8, 4) is 0 Å². The van der Waals surface area contributed by atoms with Crippen LogP contribution in [-0.2, 0) is 0 Å². The van der Waals surface area contributed by atoms with Crippen LogP contribution in [0.15, 0.2) is 11.6 Å². The van der Waals surface area contributed by atoms with E-state index in [9.17, 15) is 0 Å². The minimum atomic E-state index is 0.876. The van der Waals surface area contributed by atoms with Gasteiger partial charge in [-0.3, -0.25) is 4.90 Å². The molecule has 68 valence electrons. The van der Waals surface area contributed by atoms with E-state index in [4.69, 9.17) is 0 Å². The van der Waals surface area contributed by atoms with Crippen molar-refractivity contribution in [3.05, 3.63) is 11.6 Å². The molecule has 0 radical (unpaired) electrons. The van der Waals surface area contributed by atoms with Crippen molar-refractivity contribution < 1.29 is 0 Å². The molecule has 2 saturated heterocycles. The molecule has 0 saturated carbocycles. The highest BCUT2D eigenvalue weighted by Crippen LogP contribution is 2.36. The first-order valence-corrected chi connectivity index (χ1v) is 5.21. The van der Waals surface area contributed by atoms with Gasteiger partial charge in [-0.05, 0) is 39.2 Å². The maximum atomic E-state index is 2.59. The topological polar surface area (TPSA) is 3.24 Å². The number of allylic oxidation sites excluding steroid dienone is 1. The zero-order chi connectivity index (χ0) is 8.55. The number of rotatable bonds is 1. The van der Waals surface area contributed by atoms with Gasteiger partial charge in [-0.15, -0.1) is 0 Å². The van der Waals surface area contributed by atoms with Crippen LogP contribution in [0.1, 0.15) is 39.0 Å². The average Bonchev–Trinajstić information content (AvgIpc) is 2.33. The standard InChI is InChI=1S/C11H19N/c1-3-4-9-7-10-5-6-11(8-9)12(10)2/h4,10-11H,3,5-8H2,1-2H3. The van der Waals surface area contributed by atoms with Crippen LogP contribution < -0.4 is 0 Å². The molecule has 2 fully saturated rings. The van der Waals surface area contributed by atoms with Crippen LogP contribution >= 0.6 is 0 Å². The van der Waals surface area contributed by atoms with Crippen LogP contribution in [0.5, 0.6) is 0 Å². The fourth-order valence-electron chi connectivity index (χ4n) is 2.73. The van der Waals surface area contributed by atoms with Gasteiger partial charge in [0, 0.05) is 12.1 Å². The average molecular weight is 165 g/mol. The summed E-state index contributed by atoms with van der Waals surface area (Å²) in [6.45, 7) is 2.24. The monoisotopic (exact) mass is 165 g/mol. The van der Waals surface area contributed by atoms with Gasteiger partial charge in [-0.2, -0.15) is 0 Å². The zero-order valence-corrected chi connectivity index (χ0v) is 8.21. The van der Waals surface area contributed by atoms with Crippen molar-refractivity contribution in [2.75, 3.05) is 7.05 Å². The molecule has 12 heavy (non-hydrogen) atoms. The van der Waals surface area contributed by atoms with Gasteiger partial charge in [0.05, 0.1) is 0 Å². The molecule has 0 spiro atoms. The van der Waals surface area contributed by atoms with E-state index in [0.29, 0.717) is 0 Å². The van der Waals surface area contributed by atoms with E-state index in [1.54, 1.807) is 5.57 Å². The fraction of sp³-hybridized carbons (Fsp3) is 0.818. The molecule has 2 atom stereocenters. The van der Waals surface area contributed by atoms with E-state index in [1.165, 1.54) is 32.1 Å². The van der Waals surface area contributed by atoms with E-state index in [0.717, 1.165) is 12.1 Å². The molecule has 2 bridgehead atoms. The van der Waals surface area contributed by atoms with Crippen LogP contribution in [0.4, 0.5) is 0 Å². The Balaban J connectivity index is 2.07. The molecule has 2 aliphatic rings. The molecule has 1 nitrogen and oxygen atoms in total. The lowest BCUT2D eigenvalue weighted by Gasteiger charge is -2.32. The molecule has 2 heterocycles. The lowest BCUT2D eigenvalue weighted by Crippen LogP contribution is -2.36. The first kappa shape index (κ1) is 8.31. The summed E-state index contributed by atoms with van der Waals surface area (Å²) >= 11 is 0. The highest BCUT2D eigenvalue weighted by molar-refractivity contribution is 5.13. The summed E-state index contributed by atoms with van der Waals surface area (Å²) in [4.78, 5) is 2.59. The fourth-order valence-corrected chi connectivity index (χ4v) is 2.73. The van der Waals surface area contributed by atoms with E-state index in [2.05, 4.69) is 24.9 Å². The summed E-state index contributed by atoms with van der Waals surface area (Å²) in [5.74, 6) is 0. The van der Waals surface area contributed by atoms with Gasteiger partial charge in [0.2, 0.25) is 0 Å². The molecular formula is C11H19N. The van der Waals surface area contributed by atoms with Crippen molar-refractivity contribution in [1.82, 2.24) is 4.90 Å². The van der Waals surface area contributed by atoms with E-state index in [-0.39, 0.29) is 0 Å². The quantitative estimate of drug-likeness (QED) is 0.540. The molecule has 2 aliphatic heterocycles. The minimum absolute atomic E-state index is 0.876. The molecule has 2 rings (SSSR count). The summed E-state index contributed by atoms with van der Waals surface area (Å²) in [5.41, 5.74) is 1.73. The van der Waals surface area contributed by atoms with Gasteiger partial charge in [0.15, 0.2) is 0 Å². The maximum Gasteiger partial charge on any atom is 0.0133 e. The van der Waals surface area contributed by atoms with Gasteiger partial charge < -0.3 is 0 Å². The largest absolute Gasteiger partial charge is 0.300 e. The minimum Gasteiger partial charge on any atom is -0.300 e. The van der Waals surface area contributed by atoms with Gasteiger partial charge in [-0.1, -0.05) is 18.6 Å². The number of piperidine rings is 1. The molecule has 0 aliphatic carbocycles. The Kier molecular flexibility index (Phi) is 2.22. The highest BCUT2D eigenvalue weighted by atomic mass is 15.2.